The highest BCUT2D eigenvalue weighted by Gasteiger charge is 2.02. The third-order valence-electron chi connectivity index (χ3n) is 2.77. The monoisotopic (exact) mass is 237 g/mol. The Bertz CT molecular complexity index is 326. The summed E-state index contributed by atoms with van der Waals surface area (Å²) >= 11 is 0. The molecule has 0 saturated heterocycles. The lowest BCUT2D eigenvalue weighted by Gasteiger charge is -2.20. The van der Waals surface area contributed by atoms with Crippen LogP contribution in [0, 0.1) is 0 Å². The van der Waals surface area contributed by atoms with E-state index in [0.29, 0.717) is 11.9 Å². The van der Waals surface area contributed by atoms with Gasteiger partial charge in [0.05, 0.1) is 0 Å². The minimum absolute atomic E-state index is 0.595. The fraction of sp³-hybridized carbons (Fsp3) is 0.583. The van der Waals surface area contributed by atoms with Gasteiger partial charge in [-0.15, -0.1) is 0 Å². The Balaban J connectivity index is 2.26. The number of rotatable bonds is 7. The molecule has 0 aromatic carbocycles. The highest BCUT2D eigenvalue weighted by molar-refractivity contribution is 5.44. The maximum absolute atomic E-state index is 5.30. The molecule has 1 heterocycles. The van der Waals surface area contributed by atoms with Crippen molar-refractivity contribution in [1.29, 1.82) is 0 Å². The van der Waals surface area contributed by atoms with Crippen LogP contribution in [-0.2, 0) is 0 Å². The normalized spacial score (nSPS) is 10.9. The summed E-state index contributed by atoms with van der Waals surface area (Å²) in [5.41, 5.74) is 2.53. The first-order chi connectivity index (χ1) is 8.13. The van der Waals surface area contributed by atoms with Crippen LogP contribution in [0.1, 0.15) is 20.3 Å². The Morgan fingerprint density at radius 1 is 1.35 bits per heavy atom. The summed E-state index contributed by atoms with van der Waals surface area (Å²) in [6.07, 6.45) is 1.09. The van der Waals surface area contributed by atoms with Gasteiger partial charge in [-0.25, -0.2) is 10.8 Å². The Labute approximate surface area is 103 Å². The summed E-state index contributed by atoms with van der Waals surface area (Å²) in [6.45, 7) is 6.40. The quantitative estimate of drug-likeness (QED) is 0.381. The van der Waals surface area contributed by atoms with E-state index in [4.69, 9.17) is 5.84 Å². The van der Waals surface area contributed by atoms with E-state index in [-0.39, 0.29) is 0 Å². The lowest BCUT2D eigenvalue weighted by atomic mass is 10.3. The zero-order chi connectivity index (χ0) is 12.7. The van der Waals surface area contributed by atoms with Crippen molar-refractivity contribution < 1.29 is 0 Å². The fourth-order valence-electron chi connectivity index (χ4n) is 1.42. The average Bonchev–Trinajstić information content (AvgIpc) is 2.34. The predicted molar refractivity (Wildman–Crippen MR) is 72.9 cm³/mol. The second-order valence-electron chi connectivity index (χ2n) is 4.41. The van der Waals surface area contributed by atoms with E-state index in [1.54, 1.807) is 0 Å². The summed E-state index contributed by atoms with van der Waals surface area (Å²) in [7, 11) is 2.14. The average molecular weight is 237 g/mol. The molecule has 1 rings (SSSR count). The minimum Gasteiger partial charge on any atom is -0.370 e. The first kappa shape index (κ1) is 13.7. The van der Waals surface area contributed by atoms with Crippen LogP contribution in [0.2, 0.25) is 0 Å². The Hall–Kier alpha value is -1.33. The largest absolute Gasteiger partial charge is 0.370 e. The molecule has 0 aliphatic heterocycles. The van der Waals surface area contributed by atoms with E-state index in [1.807, 2.05) is 18.2 Å². The highest BCUT2D eigenvalue weighted by atomic mass is 15.3. The fourth-order valence-corrected chi connectivity index (χ4v) is 1.42. The molecule has 0 amide bonds. The molecular formula is C12H23N5. The van der Waals surface area contributed by atoms with Crippen LogP contribution in [0.25, 0.3) is 0 Å². The van der Waals surface area contributed by atoms with Crippen molar-refractivity contribution in [3.05, 3.63) is 18.2 Å². The van der Waals surface area contributed by atoms with Crippen molar-refractivity contribution in [2.24, 2.45) is 5.84 Å². The van der Waals surface area contributed by atoms with Crippen LogP contribution in [0.15, 0.2) is 18.2 Å². The van der Waals surface area contributed by atoms with Crippen molar-refractivity contribution in [2.75, 3.05) is 30.9 Å². The number of pyridine rings is 1. The molecule has 0 unspecified atom stereocenters. The zero-order valence-electron chi connectivity index (χ0n) is 10.9. The molecule has 5 heteroatoms. The van der Waals surface area contributed by atoms with Gasteiger partial charge in [-0.1, -0.05) is 6.07 Å². The molecule has 0 fully saturated rings. The van der Waals surface area contributed by atoms with Crippen molar-refractivity contribution in [1.82, 2.24) is 9.88 Å². The molecule has 0 saturated carbocycles. The molecular weight excluding hydrogens is 214 g/mol. The Morgan fingerprint density at radius 3 is 2.71 bits per heavy atom. The topological polar surface area (TPSA) is 66.2 Å². The van der Waals surface area contributed by atoms with Crippen LogP contribution in [0.3, 0.4) is 0 Å². The number of aromatic nitrogens is 1. The van der Waals surface area contributed by atoms with Gasteiger partial charge in [-0.3, -0.25) is 0 Å². The van der Waals surface area contributed by atoms with Gasteiger partial charge in [0.2, 0.25) is 0 Å². The van der Waals surface area contributed by atoms with Gasteiger partial charge >= 0.3 is 0 Å². The molecule has 0 bridgehead atoms. The number of hydrazine groups is 1. The highest BCUT2D eigenvalue weighted by Crippen LogP contribution is 2.07. The summed E-state index contributed by atoms with van der Waals surface area (Å²) in [5, 5.41) is 3.28. The molecule has 5 nitrogen and oxygen atoms in total. The van der Waals surface area contributed by atoms with Gasteiger partial charge in [0.25, 0.3) is 0 Å². The lowest BCUT2D eigenvalue weighted by molar-refractivity contribution is 0.273. The Kier molecular flexibility index (Phi) is 5.72. The SMILES string of the molecule is CC(C)N(C)CCCNc1cccc(NN)n1. The van der Waals surface area contributed by atoms with E-state index < -0.39 is 0 Å². The summed E-state index contributed by atoms with van der Waals surface area (Å²) in [5.74, 6) is 6.83. The predicted octanol–water partition coefficient (Wildman–Crippen LogP) is 1.51. The van der Waals surface area contributed by atoms with E-state index in [9.17, 15) is 0 Å². The third kappa shape index (κ3) is 5.01. The molecule has 0 spiro atoms. The second-order valence-corrected chi connectivity index (χ2v) is 4.41. The number of nitrogen functional groups attached to an aromatic ring is 1. The number of nitrogens with zero attached hydrogens (tertiary/aromatic N) is 2. The van der Waals surface area contributed by atoms with Gasteiger partial charge in [0.15, 0.2) is 0 Å². The smallest absolute Gasteiger partial charge is 0.142 e. The summed E-state index contributed by atoms with van der Waals surface area (Å²) in [6, 6.07) is 6.29. The van der Waals surface area contributed by atoms with Crippen LogP contribution in [0.5, 0.6) is 0 Å². The third-order valence-corrected chi connectivity index (χ3v) is 2.77. The number of nitrogens with one attached hydrogen (secondary N) is 2. The number of hydrogen-bond donors (Lipinski definition) is 3. The maximum atomic E-state index is 5.30. The zero-order valence-corrected chi connectivity index (χ0v) is 10.9. The van der Waals surface area contributed by atoms with Crippen LogP contribution in [-0.4, -0.2) is 36.1 Å². The molecule has 1 aromatic rings. The number of nitrogens with two attached hydrogens (primary N) is 1. The number of hydrogen-bond acceptors (Lipinski definition) is 5. The van der Waals surface area contributed by atoms with Gasteiger partial charge in [0, 0.05) is 12.6 Å². The van der Waals surface area contributed by atoms with E-state index in [0.717, 1.165) is 25.3 Å². The van der Waals surface area contributed by atoms with E-state index >= 15 is 0 Å². The Morgan fingerprint density at radius 2 is 2.06 bits per heavy atom. The second kappa shape index (κ2) is 7.09. The molecule has 0 atom stereocenters. The van der Waals surface area contributed by atoms with Crippen molar-refractivity contribution in [3.63, 3.8) is 0 Å². The maximum Gasteiger partial charge on any atom is 0.142 e. The van der Waals surface area contributed by atoms with E-state index in [1.165, 1.54) is 0 Å². The molecule has 17 heavy (non-hydrogen) atoms. The van der Waals surface area contributed by atoms with Gasteiger partial charge in [0.1, 0.15) is 11.6 Å². The molecule has 1 aromatic heterocycles. The van der Waals surface area contributed by atoms with Crippen molar-refractivity contribution in [2.45, 2.75) is 26.3 Å². The minimum atomic E-state index is 0.595. The van der Waals surface area contributed by atoms with Crippen LogP contribution >= 0.6 is 0 Å². The van der Waals surface area contributed by atoms with Gasteiger partial charge in [-0.05, 0) is 46.0 Å². The van der Waals surface area contributed by atoms with E-state index in [2.05, 4.69) is 41.5 Å². The van der Waals surface area contributed by atoms with Crippen molar-refractivity contribution >= 4 is 11.6 Å². The molecule has 96 valence electrons. The lowest BCUT2D eigenvalue weighted by Crippen LogP contribution is -2.28. The first-order valence-electron chi connectivity index (χ1n) is 6.01. The summed E-state index contributed by atoms with van der Waals surface area (Å²) in [4.78, 5) is 6.61. The summed E-state index contributed by atoms with van der Waals surface area (Å²) < 4.78 is 0. The molecule has 0 aliphatic rings. The first-order valence-corrected chi connectivity index (χ1v) is 6.01. The number of anilines is 2. The van der Waals surface area contributed by atoms with Gasteiger partial charge in [-0.2, -0.15) is 0 Å². The molecule has 0 radical (unpaired) electrons. The molecule has 0 aliphatic carbocycles. The molecule has 4 N–H and O–H groups in total. The van der Waals surface area contributed by atoms with Gasteiger partial charge < -0.3 is 15.6 Å². The van der Waals surface area contributed by atoms with Crippen LogP contribution in [0.4, 0.5) is 11.6 Å². The van der Waals surface area contributed by atoms with Crippen molar-refractivity contribution in [3.8, 4) is 0 Å². The standard InChI is InChI=1S/C12H23N5/c1-10(2)17(3)9-5-8-14-11-6-4-7-12(15-11)16-13/h4,6-7,10H,5,8-9,13H2,1-3H3,(H2,14,15,16). The van der Waals surface area contributed by atoms with Crippen LogP contribution < -0.4 is 16.6 Å².